The molecule has 0 aliphatic heterocycles. The Bertz CT molecular complexity index is 1010. The van der Waals surface area contributed by atoms with Crippen LogP contribution in [0.25, 0.3) is 11.3 Å². The second kappa shape index (κ2) is 7.58. The molecule has 27 heavy (non-hydrogen) atoms. The van der Waals surface area contributed by atoms with E-state index in [1.54, 1.807) is 19.9 Å². The molecular formula is C22H23N3O2. The van der Waals surface area contributed by atoms with Gasteiger partial charge in [0.15, 0.2) is 0 Å². The van der Waals surface area contributed by atoms with Crippen molar-refractivity contribution in [3.05, 3.63) is 82.6 Å². The average molecular weight is 361 g/mol. The lowest BCUT2D eigenvalue weighted by Crippen LogP contribution is -2.47. The Balaban J connectivity index is 1.96. The fraction of sp³-hybridized carbons (Fsp3) is 0.227. The zero-order valence-electron chi connectivity index (χ0n) is 15.8. The van der Waals surface area contributed by atoms with Gasteiger partial charge in [-0.1, -0.05) is 55.5 Å². The van der Waals surface area contributed by atoms with Gasteiger partial charge in [0.2, 0.25) is 0 Å². The van der Waals surface area contributed by atoms with E-state index in [-0.39, 0.29) is 11.5 Å². The molecule has 5 heteroatoms. The number of nitrogens with one attached hydrogen (secondary N) is 1. The van der Waals surface area contributed by atoms with Crippen molar-refractivity contribution in [2.24, 2.45) is 0 Å². The van der Waals surface area contributed by atoms with Gasteiger partial charge in [0.05, 0.1) is 5.69 Å². The van der Waals surface area contributed by atoms with E-state index in [4.69, 9.17) is 0 Å². The average Bonchev–Trinajstić information content (AvgIpc) is 2.69. The van der Waals surface area contributed by atoms with Gasteiger partial charge in [0.25, 0.3) is 11.5 Å². The van der Waals surface area contributed by atoms with Gasteiger partial charge in [-0.05, 0) is 38.0 Å². The lowest BCUT2D eigenvalue weighted by Gasteiger charge is -2.26. The number of nitrogens with zero attached hydrogens (tertiary/aromatic N) is 2. The van der Waals surface area contributed by atoms with Gasteiger partial charge < -0.3 is 5.32 Å². The summed E-state index contributed by atoms with van der Waals surface area (Å²) in [6.07, 6.45) is 0.804. The Kier molecular flexibility index (Phi) is 5.21. The summed E-state index contributed by atoms with van der Waals surface area (Å²) in [7, 11) is 0. The molecule has 0 saturated carbocycles. The molecule has 1 heterocycles. The van der Waals surface area contributed by atoms with Crippen LogP contribution in [-0.2, 0) is 16.8 Å². The standard InChI is InChI=1S/C22H23N3O2/c1-4-16-10-8-9-13-18(16)23-21(27)22(2,3)25-20(26)15-14-19(24-25)17-11-6-5-7-12-17/h5-15H,4H2,1-3H3,(H,23,27). The number of benzene rings is 2. The summed E-state index contributed by atoms with van der Waals surface area (Å²) < 4.78 is 1.25. The van der Waals surface area contributed by atoms with E-state index in [9.17, 15) is 9.59 Å². The summed E-state index contributed by atoms with van der Waals surface area (Å²) in [6, 6.07) is 20.4. The van der Waals surface area contributed by atoms with Crippen molar-refractivity contribution in [2.75, 3.05) is 5.32 Å². The minimum atomic E-state index is -1.15. The van der Waals surface area contributed by atoms with Crippen molar-refractivity contribution in [3.63, 3.8) is 0 Å². The lowest BCUT2D eigenvalue weighted by atomic mass is 10.0. The molecule has 0 radical (unpaired) electrons. The Labute approximate surface area is 158 Å². The molecule has 0 atom stereocenters. The first kappa shape index (κ1) is 18.6. The maximum atomic E-state index is 13.0. The normalized spacial score (nSPS) is 11.2. The van der Waals surface area contributed by atoms with Gasteiger partial charge in [-0.25, -0.2) is 4.68 Å². The van der Waals surface area contributed by atoms with Crippen LogP contribution in [0.15, 0.2) is 71.5 Å². The van der Waals surface area contributed by atoms with Crippen molar-refractivity contribution in [3.8, 4) is 11.3 Å². The molecule has 0 saturated heterocycles. The van der Waals surface area contributed by atoms with Crippen molar-refractivity contribution in [2.45, 2.75) is 32.7 Å². The lowest BCUT2D eigenvalue weighted by molar-refractivity contribution is -0.123. The van der Waals surface area contributed by atoms with E-state index in [1.807, 2.05) is 61.5 Å². The fourth-order valence-corrected chi connectivity index (χ4v) is 2.90. The maximum Gasteiger partial charge on any atom is 0.267 e. The molecule has 1 aromatic heterocycles. The first-order chi connectivity index (χ1) is 12.9. The summed E-state index contributed by atoms with van der Waals surface area (Å²) in [5.74, 6) is -0.289. The van der Waals surface area contributed by atoms with E-state index < -0.39 is 5.54 Å². The molecule has 138 valence electrons. The molecule has 3 rings (SSSR count). The molecule has 0 aliphatic rings. The summed E-state index contributed by atoms with van der Waals surface area (Å²) >= 11 is 0. The monoisotopic (exact) mass is 361 g/mol. The van der Waals surface area contributed by atoms with E-state index in [0.29, 0.717) is 5.69 Å². The highest BCUT2D eigenvalue weighted by Crippen LogP contribution is 2.21. The van der Waals surface area contributed by atoms with Gasteiger partial charge >= 0.3 is 0 Å². The second-order valence-electron chi connectivity index (χ2n) is 6.86. The van der Waals surface area contributed by atoms with Gasteiger partial charge in [-0.2, -0.15) is 5.10 Å². The van der Waals surface area contributed by atoms with Crippen molar-refractivity contribution >= 4 is 11.6 Å². The van der Waals surface area contributed by atoms with Crippen molar-refractivity contribution in [1.82, 2.24) is 9.78 Å². The maximum absolute atomic E-state index is 13.0. The Morgan fingerprint density at radius 1 is 1.00 bits per heavy atom. The van der Waals surface area contributed by atoms with Crippen LogP contribution in [-0.4, -0.2) is 15.7 Å². The minimum absolute atomic E-state index is 0.289. The molecule has 1 N–H and O–H groups in total. The molecular weight excluding hydrogens is 338 g/mol. The number of aromatic nitrogens is 2. The molecule has 1 amide bonds. The largest absolute Gasteiger partial charge is 0.324 e. The predicted molar refractivity (Wildman–Crippen MR) is 108 cm³/mol. The number of hydrogen-bond acceptors (Lipinski definition) is 3. The number of para-hydroxylation sites is 1. The zero-order chi connectivity index (χ0) is 19.4. The summed E-state index contributed by atoms with van der Waals surface area (Å²) in [4.78, 5) is 25.4. The SMILES string of the molecule is CCc1ccccc1NC(=O)C(C)(C)n1nc(-c2ccccc2)ccc1=O. The zero-order valence-corrected chi connectivity index (χ0v) is 15.8. The van der Waals surface area contributed by atoms with Crippen LogP contribution < -0.4 is 10.9 Å². The summed E-state index contributed by atoms with van der Waals surface area (Å²) in [6.45, 7) is 5.42. The fourth-order valence-electron chi connectivity index (χ4n) is 2.90. The van der Waals surface area contributed by atoms with E-state index in [1.165, 1.54) is 10.7 Å². The summed E-state index contributed by atoms with van der Waals surface area (Å²) in [5.41, 5.74) is 1.86. The smallest absolute Gasteiger partial charge is 0.267 e. The molecule has 5 nitrogen and oxygen atoms in total. The second-order valence-corrected chi connectivity index (χ2v) is 6.86. The number of rotatable bonds is 5. The number of amides is 1. The number of anilines is 1. The Morgan fingerprint density at radius 2 is 1.67 bits per heavy atom. The Hall–Kier alpha value is -3.21. The van der Waals surface area contributed by atoms with Crippen LogP contribution in [0.4, 0.5) is 5.69 Å². The van der Waals surface area contributed by atoms with Crippen LogP contribution in [0.3, 0.4) is 0 Å². The number of aryl methyl sites for hydroxylation is 1. The van der Waals surface area contributed by atoms with Crippen molar-refractivity contribution < 1.29 is 4.79 Å². The van der Waals surface area contributed by atoms with Crippen molar-refractivity contribution in [1.29, 1.82) is 0 Å². The van der Waals surface area contributed by atoms with Crippen LogP contribution >= 0.6 is 0 Å². The molecule has 0 bridgehead atoms. The molecule has 0 fully saturated rings. The highest BCUT2D eigenvalue weighted by molar-refractivity contribution is 5.96. The molecule has 0 unspecified atom stereocenters. The molecule has 0 spiro atoms. The third kappa shape index (κ3) is 3.82. The third-order valence-corrected chi connectivity index (χ3v) is 4.60. The highest BCUT2D eigenvalue weighted by atomic mass is 16.2. The van der Waals surface area contributed by atoms with Gasteiger partial charge in [0.1, 0.15) is 5.54 Å². The number of carbonyl (C=O) groups is 1. The first-order valence-corrected chi connectivity index (χ1v) is 8.99. The van der Waals surface area contributed by atoms with E-state index >= 15 is 0 Å². The predicted octanol–water partition coefficient (Wildman–Crippen LogP) is 3.85. The minimum Gasteiger partial charge on any atom is -0.324 e. The van der Waals surface area contributed by atoms with E-state index in [2.05, 4.69) is 10.4 Å². The van der Waals surface area contributed by atoms with E-state index in [0.717, 1.165) is 23.2 Å². The first-order valence-electron chi connectivity index (χ1n) is 8.99. The summed E-state index contributed by atoms with van der Waals surface area (Å²) in [5, 5.41) is 7.41. The molecule has 0 aliphatic carbocycles. The van der Waals surface area contributed by atoms with Crippen LogP contribution in [0.2, 0.25) is 0 Å². The highest BCUT2D eigenvalue weighted by Gasteiger charge is 2.32. The van der Waals surface area contributed by atoms with Crippen LogP contribution in [0.5, 0.6) is 0 Å². The quantitative estimate of drug-likeness (QED) is 0.751. The number of hydrogen-bond donors (Lipinski definition) is 1. The molecule has 3 aromatic rings. The topological polar surface area (TPSA) is 64.0 Å². The number of carbonyl (C=O) groups excluding carboxylic acids is 1. The van der Waals surface area contributed by atoms with Gasteiger partial charge in [0, 0.05) is 17.3 Å². The van der Waals surface area contributed by atoms with Gasteiger partial charge in [-0.3, -0.25) is 9.59 Å². The Morgan fingerprint density at radius 3 is 2.37 bits per heavy atom. The third-order valence-electron chi connectivity index (χ3n) is 4.60. The van der Waals surface area contributed by atoms with Crippen LogP contribution in [0, 0.1) is 0 Å². The van der Waals surface area contributed by atoms with Gasteiger partial charge in [-0.15, -0.1) is 0 Å². The van der Waals surface area contributed by atoms with Crippen LogP contribution in [0.1, 0.15) is 26.3 Å². The molecule has 2 aromatic carbocycles.